The average molecular weight is 447 g/mol. The number of rotatable bonds is 8. The van der Waals surface area contributed by atoms with Gasteiger partial charge in [0.1, 0.15) is 0 Å². The summed E-state index contributed by atoms with van der Waals surface area (Å²) in [6.45, 7) is 3.19. The molecule has 2 atom stereocenters. The van der Waals surface area contributed by atoms with Crippen LogP contribution in [0.4, 0.5) is 5.69 Å². The van der Waals surface area contributed by atoms with Crippen LogP contribution < -0.4 is 4.72 Å². The first-order chi connectivity index (χ1) is 13.4. The molecule has 1 N–H and O–H groups in total. The van der Waals surface area contributed by atoms with Crippen LogP contribution >= 0.6 is 0 Å². The highest BCUT2D eigenvalue weighted by atomic mass is 32.2. The van der Waals surface area contributed by atoms with E-state index in [9.17, 15) is 26.4 Å². The van der Waals surface area contributed by atoms with Gasteiger partial charge in [-0.25, -0.2) is 21.6 Å². The number of esters is 1. The lowest BCUT2D eigenvalue weighted by Gasteiger charge is -2.33. The van der Waals surface area contributed by atoms with Gasteiger partial charge in [-0.3, -0.25) is 9.52 Å². The third-order valence-corrected chi connectivity index (χ3v) is 7.04. The van der Waals surface area contributed by atoms with Crippen molar-refractivity contribution >= 4 is 37.4 Å². The first-order valence-electron chi connectivity index (χ1n) is 9.18. The summed E-state index contributed by atoms with van der Waals surface area (Å²) in [7, 11) is -6.67. The number of benzene rings is 1. The van der Waals surface area contributed by atoms with Crippen molar-refractivity contribution in [2.45, 2.75) is 38.8 Å². The molecule has 1 aromatic carbocycles. The van der Waals surface area contributed by atoms with Crippen LogP contribution in [0.1, 0.15) is 37.0 Å². The standard InChI is InChI=1S/C18H26N2O7S2/c1-4-13(2)20(16-8-9-29(25,26)12-16)17(21)11-27-18(22)14-6-5-7-15(10-14)19-28(3,23)24/h5-7,10,13,16,19H,4,8-9,11-12H2,1-3H3. The normalized spacial score (nSPS) is 19.3. The van der Waals surface area contributed by atoms with Crippen LogP contribution in [0, 0.1) is 0 Å². The minimum absolute atomic E-state index is 0.0395. The summed E-state index contributed by atoms with van der Waals surface area (Å²) < 4.78 is 53.6. The third-order valence-electron chi connectivity index (χ3n) is 4.68. The van der Waals surface area contributed by atoms with Gasteiger partial charge in [-0.15, -0.1) is 0 Å². The number of sulfonamides is 1. The molecule has 9 nitrogen and oxygen atoms in total. The Hall–Kier alpha value is -2.14. The van der Waals surface area contributed by atoms with E-state index in [-0.39, 0.29) is 28.8 Å². The largest absolute Gasteiger partial charge is 0.452 e. The molecule has 0 spiro atoms. The molecule has 1 amide bonds. The fraction of sp³-hybridized carbons (Fsp3) is 0.556. The number of amides is 1. The van der Waals surface area contributed by atoms with Gasteiger partial charge in [0.25, 0.3) is 5.91 Å². The summed E-state index contributed by atoms with van der Waals surface area (Å²) >= 11 is 0. The average Bonchev–Trinajstić information content (AvgIpc) is 2.97. The molecule has 162 valence electrons. The number of carbonyl (C=O) groups is 2. The van der Waals surface area contributed by atoms with Crippen molar-refractivity contribution in [2.75, 3.05) is 29.1 Å². The highest BCUT2D eigenvalue weighted by Gasteiger charge is 2.36. The lowest BCUT2D eigenvalue weighted by molar-refractivity contribution is -0.138. The van der Waals surface area contributed by atoms with Gasteiger partial charge in [-0.2, -0.15) is 0 Å². The van der Waals surface area contributed by atoms with E-state index in [1.54, 1.807) is 0 Å². The van der Waals surface area contributed by atoms with Gasteiger partial charge in [0.2, 0.25) is 10.0 Å². The number of ether oxygens (including phenoxy) is 1. The van der Waals surface area contributed by atoms with Crippen molar-refractivity contribution < 1.29 is 31.2 Å². The molecular weight excluding hydrogens is 420 g/mol. The maximum absolute atomic E-state index is 12.7. The molecule has 0 bridgehead atoms. The lowest BCUT2D eigenvalue weighted by atomic mass is 10.1. The van der Waals surface area contributed by atoms with E-state index < -0.39 is 44.4 Å². The summed E-state index contributed by atoms with van der Waals surface area (Å²) in [5, 5.41) is 0. The van der Waals surface area contributed by atoms with Crippen LogP contribution in [-0.2, 0) is 29.4 Å². The smallest absolute Gasteiger partial charge is 0.338 e. The lowest BCUT2D eigenvalue weighted by Crippen LogP contribution is -2.48. The predicted molar refractivity (Wildman–Crippen MR) is 109 cm³/mol. The van der Waals surface area contributed by atoms with Crippen molar-refractivity contribution in [3.8, 4) is 0 Å². The van der Waals surface area contributed by atoms with Gasteiger partial charge in [-0.1, -0.05) is 13.0 Å². The SMILES string of the molecule is CCC(C)N(C(=O)COC(=O)c1cccc(NS(C)(=O)=O)c1)C1CCS(=O)(=O)C1. The monoisotopic (exact) mass is 446 g/mol. The van der Waals surface area contributed by atoms with Crippen LogP contribution in [0.3, 0.4) is 0 Å². The second-order valence-corrected chi connectivity index (χ2v) is 11.1. The Morgan fingerprint density at radius 3 is 2.59 bits per heavy atom. The van der Waals surface area contributed by atoms with Gasteiger partial charge in [0.15, 0.2) is 16.4 Å². The molecule has 1 saturated heterocycles. The summed E-state index contributed by atoms with van der Waals surface area (Å²) in [6, 6.07) is 5.10. The molecular formula is C18H26N2O7S2. The van der Waals surface area contributed by atoms with E-state index in [4.69, 9.17) is 4.74 Å². The number of hydrogen-bond acceptors (Lipinski definition) is 7. The molecule has 0 aliphatic carbocycles. The fourth-order valence-corrected chi connectivity index (χ4v) is 5.48. The summed E-state index contributed by atoms with van der Waals surface area (Å²) in [6.07, 6.45) is 1.99. The van der Waals surface area contributed by atoms with Gasteiger partial charge in [0, 0.05) is 17.8 Å². The summed E-state index contributed by atoms with van der Waals surface area (Å²) in [4.78, 5) is 26.5. The Morgan fingerprint density at radius 2 is 2.03 bits per heavy atom. The van der Waals surface area contributed by atoms with E-state index in [0.717, 1.165) is 6.26 Å². The minimum Gasteiger partial charge on any atom is -0.452 e. The van der Waals surface area contributed by atoms with Gasteiger partial charge in [0.05, 0.1) is 23.3 Å². The van der Waals surface area contributed by atoms with Gasteiger partial charge in [-0.05, 0) is 38.0 Å². The highest BCUT2D eigenvalue weighted by Crippen LogP contribution is 2.21. The number of sulfone groups is 1. The zero-order chi connectivity index (χ0) is 21.8. The van der Waals surface area contributed by atoms with Gasteiger partial charge < -0.3 is 9.64 Å². The van der Waals surface area contributed by atoms with Gasteiger partial charge >= 0.3 is 5.97 Å². The summed E-state index contributed by atoms with van der Waals surface area (Å²) in [5.74, 6) is -1.28. The highest BCUT2D eigenvalue weighted by molar-refractivity contribution is 7.92. The molecule has 1 heterocycles. The van der Waals surface area contributed by atoms with Crippen LogP contribution in [0.5, 0.6) is 0 Å². The number of hydrogen-bond donors (Lipinski definition) is 1. The van der Waals surface area contributed by atoms with Crippen LogP contribution in [0.25, 0.3) is 0 Å². The van der Waals surface area contributed by atoms with Crippen molar-refractivity contribution in [3.63, 3.8) is 0 Å². The predicted octanol–water partition coefficient (Wildman–Crippen LogP) is 1.03. The Bertz CT molecular complexity index is 974. The Kier molecular flexibility index (Phi) is 7.28. The van der Waals surface area contributed by atoms with Crippen molar-refractivity contribution in [1.29, 1.82) is 0 Å². The Balaban J connectivity index is 2.06. The van der Waals surface area contributed by atoms with E-state index in [2.05, 4.69) is 4.72 Å². The number of anilines is 1. The first-order valence-corrected chi connectivity index (χ1v) is 12.9. The van der Waals surface area contributed by atoms with Crippen molar-refractivity contribution in [3.05, 3.63) is 29.8 Å². The Morgan fingerprint density at radius 1 is 1.34 bits per heavy atom. The zero-order valence-electron chi connectivity index (χ0n) is 16.6. The third kappa shape index (κ3) is 6.70. The molecule has 1 aliphatic heterocycles. The molecule has 29 heavy (non-hydrogen) atoms. The molecule has 0 radical (unpaired) electrons. The van der Waals surface area contributed by atoms with Crippen LogP contribution in [0.2, 0.25) is 0 Å². The molecule has 1 aliphatic rings. The number of nitrogens with one attached hydrogen (secondary N) is 1. The first kappa shape index (κ1) is 23.1. The second kappa shape index (κ2) is 9.12. The quantitative estimate of drug-likeness (QED) is 0.591. The molecule has 0 aromatic heterocycles. The maximum Gasteiger partial charge on any atom is 0.338 e. The van der Waals surface area contributed by atoms with Crippen LogP contribution in [-0.4, -0.2) is 70.1 Å². The number of carbonyl (C=O) groups excluding carboxylic acids is 2. The molecule has 1 aromatic rings. The van der Waals surface area contributed by atoms with E-state index >= 15 is 0 Å². The van der Waals surface area contributed by atoms with E-state index in [1.165, 1.54) is 29.2 Å². The minimum atomic E-state index is -3.50. The number of nitrogens with zero attached hydrogens (tertiary/aromatic N) is 1. The molecule has 1 fully saturated rings. The fourth-order valence-electron chi connectivity index (χ4n) is 3.21. The Labute approximate surface area is 171 Å². The second-order valence-electron chi connectivity index (χ2n) is 7.15. The van der Waals surface area contributed by atoms with E-state index in [0.29, 0.717) is 12.8 Å². The van der Waals surface area contributed by atoms with Crippen molar-refractivity contribution in [2.24, 2.45) is 0 Å². The topological polar surface area (TPSA) is 127 Å². The summed E-state index contributed by atoms with van der Waals surface area (Å²) in [5.41, 5.74) is 0.288. The molecule has 11 heteroatoms. The molecule has 2 rings (SSSR count). The zero-order valence-corrected chi connectivity index (χ0v) is 18.3. The van der Waals surface area contributed by atoms with Crippen molar-refractivity contribution in [1.82, 2.24) is 4.90 Å². The molecule has 2 unspecified atom stereocenters. The molecule has 0 saturated carbocycles. The van der Waals surface area contributed by atoms with Crippen LogP contribution in [0.15, 0.2) is 24.3 Å². The van der Waals surface area contributed by atoms with E-state index in [1.807, 2.05) is 13.8 Å². The maximum atomic E-state index is 12.7.